The van der Waals surface area contributed by atoms with E-state index in [9.17, 15) is 0 Å². The summed E-state index contributed by atoms with van der Waals surface area (Å²) in [6.07, 6.45) is 0. The summed E-state index contributed by atoms with van der Waals surface area (Å²) < 4.78 is 18.6. The Morgan fingerprint density at radius 3 is 0.891 bits per heavy atom. The van der Waals surface area contributed by atoms with Gasteiger partial charge in [-0.1, -0.05) is 60.7 Å². The van der Waals surface area contributed by atoms with Crippen molar-refractivity contribution in [1.82, 2.24) is 40.8 Å². The molecule has 0 unspecified atom stereocenters. The van der Waals surface area contributed by atoms with E-state index in [0.29, 0.717) is 0 Å². The van der Waals surface area contributed by atoms with Crippen molar-refractivity contribution in [2.45, 2.75) is 55.4 Å². The van der Waals surface area contributed by atoms with Crippen LogP contribution in [0.4, 0.5) is 0 Å². The van der Waals surface area contributed by atoms with Crippen LogP contribution in [-0.2, 0) is 0 Å². The van der Waals surface area contributed by atoms with Crippen LogP contribution in [0, 0.1) is 55.4 Å². The molecule has 0 aliphatic carbocycles. The van der Waals surface area contributed by atoms with Crippen LogP contribution >= 0.6 is 21.6 Å². The molecule has 14 heteroatoms. The molecule has 0 fully saturated rings. The van der Waals surface area contributed by atoms with Gasteiger partial charge in [-0.25, -0.2) is 13.5 Å². The fraction of sp³-hybridized carbons (Fsp3) is 0.250. The summed E-state index contributed by atoms with van der Waals surface area (Å²) in [7, 11) is -9.18. The van der Waals surface area contributed by atoms with Crippen LogP contribution in [0.25, 0.3) is 0 Å². The van der Waals surface area contributed by atoms with Gasteiger partial charge in [0.05, 0.1) is 44.0 Å². The lowest BCUT2D eigenvalue weighted by Crippen LogP contribution is -2.28. The molecule has 0 saturated carbocycles. The average Bonchev–Trinajstić information content (AvgIpc) is 3.79. The van der Waals surface area contributed by atoms with Crippen LogP contribution in [0.3, 0.4) is 0 Å². The van der Waals surface area contributed by atoms with E-state index < -0.39 is 21.6 Å². The highest BCUT2D eigenvalue weighted by molar-refractivity contribution is 8.00. The molecule has 1 aliphatic heterocycles. The van der Waals surface area contributed by atoms with Gasteiger partial charge in [-0.2, -0.15) is 20.4 Å². The molecule has 0 radical (unpaired) electrons. The minimum absolute atomic E-state index is 0.874. The first-order valence-corrected chi connectivity index (χ1v) is 20.2. The number of hydrogen-bond acceptors (Lipinski definition) is 7. The van der Waals surface area contributed by atoms with Crippen molar-refractivity contribution in [1.29, 1.82) is 0 Å². The van der Waals surface area contributed by atoms with Crippen molar-refractivity contribution in [2.75, 3.05) is 0 Å². The number of aromatic amines is 4. The molecule has 236 valence electrons. The summed E-state index contributed by atoms with van der Waals surface area (Å²) in [6, 6.07) is 21.2. The summed E-state index contributed by atoms with van der Waals surface area (Å²) in [4.78, 5) is 0. The van der Waals surface area contributed by atoms with Crippen molar-refractivity contribution in [2.24, 2.45) is 13.5 Å². The average molecular weight is 670 g/mol. The highest BCUT2D eigenvalue weighted by Crippen LogP contribution is 2.77. The second-order valence-electron chi connectivity index (χ2n) is 11.9. The first kappa shape index (κ1) is 30.6. The van der Waals surface area contributed by atoms with E-state index >= 15 is 0 Å². The van der Waals surface area contributed by atoms with Gasteiger partial charge in [0.15, 0.2) is 0 Å². The third-order valence-electron chi connectivity index (χ3n) is 8.61. The summed E-state index contributed by atoms with van der Waals surface area (Å²) in [5.74, 6) is 0. The minimum Gasteiger partial charge on any atom is -0.282 e. The van der Waals surface area contributed by atoms with Crippen LogP contribution in [0.5, 0.6) is 0 Å². The predicted octanol–water partition coefficient (Wildman–Crippen LogP) is 5.66. The Kier molecular flexibility index (Phi) is 7.35. The molecular formula is C32H38N11P3. The Bertz CT molecular complexity index is 1970. The molecular weight excluding hydrogens is 631 g/mol. The standard InChI is InChI=1S/C32H38N11P3/c1-19-29(20(2)34-33-19)45(30-21(3)35-36-22(30)4)41-44(27-15-11-9-12-16-27,28-17-13-10-14-18-28)42-46(43-45,31-23(5)37-38-24(31)6)32-25(7)39-40-26(32)8/h9-18H,1-8H3,(H,33,34)(H,35,36)(H,37,38)(H,39,40). The van der Waals surface area contributed by atoms with Crippen molar-refractivity contribution in [3.63, 3.8) is 0 Å². The van der Waals surface area contributed by atoms with Crippen LogP contribution < -0.4 is 31.8 Å². The van der Waals surface area contributed by atoms with Crippen molar-refractivity contribution in [3.8, 4) is 0 Å². The van der Waals surface area contributed by atoms with Crippen LogP contribution in [0.2, 0.25) is 0 Å². The maximum Gasteiger partial charge on any atom is 0.145 e. The second-order valence-corrected chi connectivity index (χ2v) is 20.4. The SMILES string of the molecule is Cc1n[nH]c(C)c1P1(c2c(C)n[nH]c2C)=NP(c2ccccc2)(c2ccccc2)=NP(c2c(C)n[nH]c2C)(c2c(C)n[nH]c2C)=N1. The van der Waals surface area contributed by atoms with Crippen LogP contribution in [0.15, 0.2) is 74.2 Å². The third kappa shape index (κ3) is 4.36. The number of rotatable bonds is 6. The summed E-state index contributed by atoms with van der Waals surface area (Å²) in [5, 5.41) is 38.4. The molecule has 0 saturated heterocycles. The van der Waals surface area contributed by atoms with Gasteiger partial charge in [0.2, 0.25) is 0 Å². The highest BCUT2D eigenvalue weighted by atomic mass is 31.3. The lowest BCUT2D eigenvalue weighted by atomic mass is 10.4. The topological polar surface area (TPSA) is 152 Å². The van der Waals surface area contributed by atoms with Gasteiger partial charge < -0.3 is 0 Å². The Balaban J connectivity index is 1.90. The molecule has 0 spiro atoms. The number of hydrogen-bond donors (Lipinski definition) is 4. The Morgan fingerprint density at radius 2 is 0.630 bits per heavy atom. The Hall–Kier alpha value is -4.03. The van der Waals surface area contributed by atoms with Gasteiger partial charge in [0.1, 0.15) is 21.6 Å². The summed E-state index contributed by atoms with van der Waals surface area (Å²) in [6.45, 7) is 16.5. The zero-order valence-corrected chi connectivity index (χ0v) is 29.9. The van der Waals surface area contributed by atoms with Crippen LogP contribution in [-0.4, -0.2) is 40.8 Å². The van der Waals surface area contributed by atoms with Crippen molar-refractivity contribution >= 4 is 53.4 Å². The smallest absolute Gasteiger partial charge is 0.145 e. The molecule has 6 aromatic rings. The van der Waals surface area contributed by atoms with Crippen molar-refractivity contribution in [3.05, 3.63) is 106 Å². The first-order chi connectivity index (χ1) is 22.0. The van der Waals surface area contributed by atoms with E-state index in [2.05, 4.69) is 124 Å². The Labute approximate surface area is 268 Å². The Morgan fingerprint density at radius 1 is 0.370 bits per heavy atom. The van der Waals surface area contributed by atoms with Gasteiger partial charge in [0, 0.05) is 33.4 Å². The van der Waals surface area contributed by atoms with E-state index in [4.69, 9.17) is 33.9 Å². The summed E-state index contributed by atoms with van der Waals surface area (Å²) >= 11 is 0. The molecule has 0 amide bonds. The number of benzene rings is 2. The maximum absolute atomic E-state index is 6.22. The second kappa shape index (κ2) is 11.0. The number of aryl methyl sites for hydroxylation is 8. The van der Waals surface area contributed by atoms with Gasteiger partial charge in [0.25, 0.3) is 0 Å². The zero-order valence-electron chi connectivity index (χ0n) is 27.2. The molecule has 2 aromatic carbocycles. The fourth-order valence-corrected chi connectivity index (χ4v) is 23.2. The van der Waals surface area contributed by atoms with Gasteiger partial charge in [-0.15, -0.1) is 0 Å². The molecule has 5 heterocycles. The van der Waals surface area contributed by atoms with Gasteiger partial charge >= 0.3 is 0 Å². The lowest BCUT2D eigenvalue weighted by Gasteiger charge is -2.38. The van der Waals surface area contributed by atoms with Gasteiger partial charge in [-0.3, -0.25) is 20.4 Å². The van der Waals surface area contributed by atoms with E-state index in [1.165, 1.54) is 0 Å². The number of nitrogens with one attached hydrogen (secondary N) is 4. The minimum atomic E-state index is -3.10. The molecule has 4 aromatic heterocycles. The number of aromatic nitrogens is 8. The monoisotopic (exact) mass is 669 g/mol. The number of H-pyrrole nitrogens is 4. The molecule has 0 atom stereocenters. The fourth-order valence-electron chi connectivity index (χ4n) is 6.84. The van der Waals surface area contributed by atoms with E-state index in [-0.39, 0.29) is 0 Å². The third-order valence-corrected chi connectivity index (χ3v) is 22.0. The maximum atomic E-state index is 6.22. The number of nitrogens with zero attached hydrogens (tertiary/aromatic N) is 7. The molecule has 7 rings (SSSR count). The highest BCUT2D eigenvalue weighted by Gasteiger charge is 2.48. The normalized spacial score (nSPS) is 16.4. The molecule has 46 heavy (non-hydrogen) atoms. The largest absolute Gasteiger partial charge is 0.282 e. The molecule has 11 nitrogen and oxygen atoms in total. The quantitative estimate of drug-likeness (QED) is 0.169. The predicted molar refractivity (Wildman–Crippen MR) is 191 cm³/mol. The lowest BCUT2D eigenvalue weighted by molar-refractivity contribution is 1.02. The van der Waals surface area contributed by atoms with E-state index in [0.717, 1.165) is 77.4 Å². The van der Waals surface area contributed by atoms with E-state index in [1.807, 2.05) is 12.1 Å². The molecule has 0 bridgehead atoms. The van der Waals surface area contributed by atoms with Crippen molar-refractivity contribution < 1.29 is 0 Å². The molecule has 1 aliphatic rings. The van der Waals surface area contributed by atoms with E-state index in [1.54, 1.807) is 0 Å². The first-order valence-electron chi connectivity index (χ1n) is 15.2. The molecule has 4 N–H and O–H groups in total. The van der Waals surface area contributed by atoms with Crippen LogP contribution in [0.1, 0.15) is 45.6 Å². The van der Waals surface area contributed by atoms with Gasteiger partial charge in [-0.05, 0) is 55.4 Å². The zero-order chi connectivity index (χ0) is 32.4. The summed E-state index contributed by atoms with van der Waals surface area (Å²) in [5.41, 5.74) is 7.27.